The Morgan fingerprint density at radius 1 is 1.23 bits per heavy atom. The third-order valence-corrected chi connectivity index (χ3v) is 5.14. The number of phenolic OH excluding ortho intramolecular Hbond substituents is 1. The number of amides is 2. The standard InChI is InChI=1S/C19H18Cl2N2O3/c1-11(12-5-3-2-4-6-12)23-10-13(7-17(23)24)19(26)22-14-8-15(20)18(25)16(21)9-14/h2-6,8-9,11,13,25H,7,10H2,1H3,(H,22,26). The molecule has 2 aromatic rings. The summed E-state index contributed by atoms with van der Waals surface area (Å²) >= 11 is 11.7. The van der Waals surface area contributed by atoms with E-state index in [4.69, 9.17) is 23.2 Å². The number of carbonyl (C=O) groups excluding carboxylic acids is 2. The summed E-state index contributed by atoms with van der Waals surface area (Å²) in [5.74, 6) is -1.02. The molecule has 0 aliphatic carbocycles. The molecule has 26 heavy (non-hydrogen) atoms. The molecule has 0 aromatic heterocycles. The SMILES string of the molecule is CC(c1ccccc1)N1CC(C(=O)Nc2cc(Cl)c(O)c(Cl)c2)CC1=O. The lowest BCUT2D eigenvalue weighted by Gasteiger charge is -2.25. The molecule has 0 saturated carbocycles. The molecule has 0 radical (unpaired) electrons. The van der Waals surface area contributed by atoms with Crippen LogP contribution in [0.5, 0.6) is 5.75 Å². The zero-order valence-electron chi connectivity index (χ0n) is 14.1. The number of benzene rings is 2. The van der Waals surface area contributed by atoms with Crippen LogP contribution in [0.25, 0.3) is 0 Å². The summed E-state index contributed by atoms with van der Waals surface area (Å²) in [4.78, 5) is 26.6. The van der Waals surface area contributed by atoms with E-state index in [2.05, 4.69) is 5.32 Å². The average molecular weight is 393 g/mol. The van der Waals surface area contributed by atoms with E-state index in [9.17, 15) is 14.7 Å². The van der Waals surface area contributed by atoms with Gasteiger partial charge in [0.15, 0.2) is 5.75 Å². The first kappa shape index (κ1) is 18.5. The van der Waals surface area contributed by atoms with Gasteiger partial charge in [-0.3, -0.25) is 9.59 Å². The minimum absolute atomic E-state index is 0.0506. The molecule has 1 aliphatic rings. The summed E-state index contributed by atoms with van der Waals surface area (Å²) in [5.41, 5.74) is 1.41. The number of aromatic hydroxyl groups is 1. The molecule has 7 heteroatoms. The Kier molecular flexibility index (Phi) is 5.39. The van der Waals surface area contributed by atoms with Crippen molar-refractivity contribution in [3.8, 4) is 5.75 Å². The van der Waals surface area contributed by atoms with Crippen molar-refractivity contribution in [1.29, 1.82) is 0 Å². The zero-order chi connectivity index (χ0) is 18.8. The van der Waals surface area contributed by atoms with E-state index < -0.39 is 5.92 Å². The van der Waals surface area contributed by atoms with Gasteiger partial charge in [-0.15, -0.1) is 0 Å². The summed E-state index contributed by atoms with van der Waals surface area (Å²) < 4.78 is 0. The van der Waals surface area contributed by atoms with Crippen LogP contribution >= 0.6 is 23.2 Å². The molecule has 0 spiro atoms. The number of hydrogen-bond donors (Lipinski definition) is 2. The molecule has 3 rings (SSSR count). The second-order valence-electron chi connectivity index (χ2n) is 6.31. The number of hydrogen-bond acceptors (Lipinski definition) is 3. The number of anilines is 1. The van der Waals surface area contributed by atoms with Gasteiger partial charge < -0.3 is 15.3 Å². The first-order valence-electron chi connectivity index (χ1n) is 8.20. The Balaban J connectivity index is 1.69. The Morgan fingerprint density at radius 3 is 2.46 bits per heavy atom. The van der Waals surface area contributed by atoms with E-state index in [0.29, 0.717) is 12.2 Å². The van der Waals surface area contributed by atoms with Crippen molar-refractivity contribution in [2.75, 3.05) is 11.9 Å². The highest BCUT2D eigenvalue weighted by Gasteiger charge is 2.37. The summed E-state index contributed by atoms with van der Waals surface area (Å²) in [7, 11) is 0. The second kappa shape index (κ2) is 7.56. The van der Waals surface area contributed by atoms with Crippen LogP contribution in [-0.4, -0.2) is 28.4 Å². The van der Waals surface area contributed by atoms with Crippen LogP contribution in [0, 0.1) is 5.92 Å². The van der Waals surface area contributed by atoms with Crippen LogP contribution in [0.4, 0.5) is 5.69 Å². The second-order valence-corrected chi connectivity index (χ2v) is 7.13. The van der Waals surface area contributed by atoms with E-state index in [-0.39, 0.29) is 40.1 Å². The lowest BCUT2D eigenvalue weighted by molar-refractivity contribution is -0.129. The van der Waals surface area contributed by atoms with Gasteiger partial charge in [0.1, 0.15) is 0 Å². The van der Waals surface area contributed by atoms with Gasteiger partial charge in [0.05, 0.1) is 22.0 Å². The number of carbonyl (C=O) groups is 2. The number of likely N-dealkylation sites (tertiary alicyclic amines) is 1. The van der Waals surface area contributed by atoms with Gasteiger partial charge in [0.25, 0.3) is 0 Å². The fraction of sp³-hybridized carbons (Fsp3) is 0.263. The highest BCUT2D eigenvalue weighted by atomic mass is 35.5. The normalized spacial score (nSPS) is 18.0. The molecular formula is C19H18Cl2N2O3. The molecule has 1 aliphatic heterocycles. The minimum atomic E-state index is -0.458. The van der Waals surface area contributed by atoms with Crippen molar-refractivity contribution < 1.29 is 14.7 Å². The number of nitrogens with zero attached hydrogens (tertiary/aromatic N) is 1. The van der Waals surface area contributed by atoms with E-state index in [0.717, 1.165) is 5.56 Å². The van der Waals surface area contributed by atoms with E-state index in [1.165, 1.54) is 12.1 Å². The molecule has 1 fully saturated rings. The van der Waals surface area contributed by atoms with Gasteiger partial charge in [-0.1, -0.05) is 53.5 Å². The van der Waals surface area contributed by atoms with Crippen LogP contribution in [0.3, 0.4) is 0 Å². The molecule has 1 heterocycles. The molecule has 2 N–H and O–H groups in total. The van der Waals surface area contributed by atoms with Crippen LogP contribution in [0.1, 0.15) is 24.9 Å². The minimum Gasteiger partial charge on any atom is -0.505 e. The van der Waals surface area contributed by atoms with Crippen LogP contribution < -0.4 is 5.32 Å². The predicted octanol–water partition coefficient (Wildman–Crippen LogP) is 4.25. The van der Waals surface area contributed by atoms with Crippen molar-refractivity contribution in [2.24, 2.45) is 5.92 Å². The summed E-state index contributed by atoms with van der Waals surface area (Å²) in [6.07, 6.45) is 0.155. The Hall–Kier alpha value is -2.24. The van der Waals surface area contributed by atoms with Crippen LogP contribution in [0.15, 0.2) is 42.5 Å². The molecule has 2 unspecified atom stereocenters. The topological polar surface area (TPSA) is 69.6 Å². The number of phenols is 1. The molecule has 136 valence electrons. The fourth-order valence-electron chi connectivity index (χ4n) is 3.08. The molecule has 5 nitrogen and oxygen atoms in total. The maximum Gasteiger partial charge on any atom is 0.229 e. The molecule has 2 amide bonds. The van der Waals surface area contributed by atoms with Crippen molar-refractivity contribution >= 4 is 40.7 Å². The number of nitrogens with one attached hydrogen (secondary N) is 1. The first-order chi connectivity index (χ1) is 12.4. The summed E-state index contributed by atoms with van der Waals surface area (Å²) in [6.45, 7) is 2.30. The highest BCUT2D eigenvalue weighted by molar-refractivity contribution is 6.37. The smallest absolute Gasteiger partial charge is 0.229 e. The molecule has 1 saturated heterocycles. The lowest BCUT2D eigenvalue weighted by Crippen LogP contribution is -2.30. The Labute approximate surface area is 161 Å². The van der Waals surface area contributed by atoms with E-state index in [1.807, 2.05) is 37.3 Å². The summed E-state index contributed by atoms with van der Waals surface area (Å²) in [5, 5.41) is 12.4. The average Bonchev–Trinajstić information content (AvgIpc) is 3.01. The van der Waals surface area contributed by atoms with E-state index >= 15 is 0 Å². The van der Waals surface area contributed by atoms with Gasteiger partial charge in [-0.05, 0) is 24.6 Å². The van der Waals surface area contributed by atoms with Crippen molar-refractivity contribution in [3.63, 3.8) is 0 Å². The summed E-state index contributed by atoms with van der Waals surface area (Å²) in [6, 6.07) is 12.4. The molecule has 2 aromatic carbocycles. The Morgan fingerprint density at radius 2 is 1.85 bits per heavy atom. The lowest BCUT2D eigenvalue weighted by atomic mass is 10.1. The Bertz CT molecular complexity index is 819. The number of halogens is 2. The molecule has 0 bridgehead atoms. The maximum atomic E-state index is 12.5. The van der Waals surface area contributed by atoms with Crippen molar-refractivity contribution in [1.82, 2.24) is 4.90 Å². The van der Waals surface area contributed by atoms with Crippen LogP contribution in [-0.2, 0) is 9.59 Å². The molecular weight excluding hydrogens is 375 g/mol. The number of rotatable bonds is 4. The van der Waals surface area contributed by atoms with Gasteiger partial charge in [0.2, 0.25) is 11.8 Å². The van der Waals surface area contributed by atoms with Gasteiger partial charge in [-0.2, -0.15) is 0 Å². The van der Waals surface area contributed by atoms with Crippen molar-refractivity contribution in [2.45, 2.75) is 19.4 Å². The predicted molar refractivity (Wildman–Crippen MR) is 101 cm³/mol. The van der Waals surface area contributed by atoms with Gasteiger partial charge in [-0.25, -0.2) is 0 Å². The fourth-order valence-corrected chi connectivity index (χ4v) is 3.56. The third-order valence-electron chi connectivity index (χ3n) is 4.56. The maximum absolute atomic E-state index is 12.5. The monoisotopic (exact) mass is 392 g/mol. The molecule has 2 atom stereocenters. The van der Waals surface area contributed by atoms with Crippen LogP contribution in [0.2, 0.25) is 10.0 Å². The van der Waals surface area contributed by atoms with Gasteiger partial charge in [0, 0.05) is 18.7 Å². The zero-order valence-corrected chi connectivity index (χ0v) is 15.6. The largest absolute Gasteiger partial charge is 0.505 e. The van der Waals surface area contributed by atoms with Gasteiger partial charge >= 0.3 is 0 Å². The van der Waals surface area contributed by atoms with Crippen molar-refractivity contribution in [3.05, 3.63) is 58.1 Å². The third kappa shape index (κ3) is 3.79. The highest BCUT2D eigenvalue weighted by Crippen LogP contribution is 2.35. The first-order valence-corrected chi connectivity index (χ1v) is 8.95. The van der Waals surface area contributed by atoms with E-state index in [1.54, 1.807) is 4.90 Å². The quantitative estimate of drug-likeness (QED) is 0.764.